The number of amides is 1. The van der Waals surface area contributed by atoms with Crippen LogP contribution in [0.3, 0.4) is 0 Å². The number of unbranched alkanes of at least 4 members (excludes halogenated alkanes) is 44. The van der Waals surface area contributed by atoms with Crippen LogP contribution in [0.15, 0.2) is 24.3 Å². The second kappa shape index (κ2) is 57.9. The van der Waals surface area contributed by atoms with Gasteiger partial charge in [-0.05, 0) is 57.8 Å². The minimum Gasteiger partial charge on any atom is -0.466 e. The highest BCUT2D eigenvalue weighted by atomic mass is 16.5. The summed E-state index contributed by atoms with van der Waals surface area (Å²) in [5.74, 6) is -0.0648. The van der Waals surface area contributed by atoms with Crippen LogP contribution in [0.2, 0.25) is 0 Å². The van der Waals surface area contributed by atoms with E-state index in [4.69, 9.17) is 4.74 Å². The molecule has 0 heterocycles. The first-order chi connectivity index (χ1) is 33.5. The smallest absolute Gasteiger partial charge is 0.305 e. The molecule has 0 rings (SSSR count). The predicted molar refractivity (Wildman–Crippen MR) is 296 cm³/mol. The minimum atomic E-state index is -0.849. The fourth-order valence-corrected chi connectivity index (χ4v) is 9.51. The van der Waals surface area contributed by atoms with Crippen LogP contribution in [-0.2, 0) is 14.3 Å². The van der Waals surface area contributed by atoms with E-state index in [1.54, 1.807) is 6.08 Å². The Morgan fingerprint density at radius 2 is 0.691 bits per heavy atom. The Kier molecular flexibility index (Phi) is 56.5. The number of carbonyl (C=O) groups excluding carboxylic acids is 2. The number of hydrogen-bond donors (Lipinski definition) is 3. The number of aliphatic hydroxyl groups excluding tert-OH is 2. The van der Waals surface area contributed by atoms with E-state index in [1.807, 2.05) is 6.08 Å². The summed E-state index contributed by atoms with van der Waals surface area (Å²) >= 11 is 0. The summed E-state index contributed by atoms with van der Waals surface area (Å²) in [6, 6.07) is -0.633. The van der Waals surface area contributed by atoms with Gasteiger partial charge in [0.25, 0.3) is 0 Å². The normalized spacial score (nSPS) is 12.7. The third-order valence-corrected chi connectivity index (χ3v) is 14.2. The standard InChI is InChI=1S/C62H119NO5/c1-3-5-7-9-11-13-15-17-18-19-25-28-31-34-38-42-46-50-54-60(65)59(58-64)63-61(66)55-51-47-43-39-35-32-29-26-23-21-20-22-24-27-30-33-37-41-45-49-53-57-68-62(67)56-52-48-44-40-36-16-14-12-10-8-6-4-2/h21,23,50,54,59-60,64-65H,3-20,22,24-49,51-53,55-58H2,1-2H3,(H,63,66)/b23-21-,54-50+. The minimum absolute atomic E-state index is 0.00856. The van der Waals surface area contributed by atoms with Crippen LogP contribution < -0.4 is 5.32 Å². The summed E-state index contributed by atoms with van der Waals surface area (Å²) in [4.78, 5) is 24.5. The third-order valence-electron chi connectivity index (χ3n) is 14.2. The van der Waals surface area contributed by atoms with Crippen LogP contribution in [0, 0.1) is 0 Å². The highest BCUT2D eigenvalue weighted by Gasteiger charge is 2.18. The molecule has 0 aromatic rings. The SMILES string of the molecule is CCCCCCCCCCCCCCCCCC/C=C/C(O)C(CO)NC(=O)CCCCCCCCC/C=C\CCCCCCCCCCCCOC(=O)CCCCCCCCCCCCCC. The van der Waals surface area contributed by atoms with Gasteiger partial charge in [0, 0.05) is 12.8 Å². The van der Waals surface area contributed by atoms with Crippen LogP contribution in [0.1, 0.15) is 335 Å². The molecule has 0 spiro atoms. The highest BCUT2D eigenvalue weighted by Crippen LogP contribution is 2.17. The fraction of sp³-hybridized carbons (Fsp3) is 0.903. The van der Waals surface area contributed by atoms with E-state index in [1.165, 1.54) is 263 Å². The molecular formula is C62H119NO5. The van der Waals surface area contributed by atoms with Crippen molar-refractivity contribution in [2.45, 2.75) is 347 Å². The summed E-state index contributed by atoms with van der Waals surface area (Å²) in [5, 5.41) is 23.2. The third kappa shape index (κ3) is 53.7. The number of hydrogen-bond acceptors (Lipinski definition) is 5. The van der Waals surface area contributed by atoms with Crippen LogP contribution in [0.25, 0.3) is 0 Å². The van der Waals surface area contributed by atoms with Gasteiger partial charge in [-0.25, -0.2) is 0 Å². The number of aliphatic hydroxyl groups is 2. The number of nitrogens with one attached hydrogen (secondary N) is 1. The lowest BCUT2D eigenvalue weighted by atomic mass is 10.0. The maximum atomic E-state index is 12.5. The molecule has 0 saturated heterocycles. The molecule has 6 nitrogen and oxygen atoms in total. The number of allylic oxidation sites excluding steroid dienone is 3. The zero-order valence-corrected chi connectivity index (χ0v) is 45.9. The van der Waals surface area contributed by atoms with Gasteiger partial charge in [-0.15, -0.1) is 0 Å². The van der Waals surface area contributed by atoms with Crippen molar-refractivity contribution in [3.05, 3.63) is 24.3 Å². The van der Waals surface area contributed by atoms with E-state index >= 15 is 0 Å². The lowest BCUT2D eigenvalue weighted by Crippen LogP contribution is -2.45. The van der Waals surface area contributed by atoms with E-state index in [0.29, 0.717) is 19.4 Å². The molecule has 2 atom stereocenters. The Morgan fingerprint density at radius 3 is 1.04 bits per heavy atom. The van der Waals surface area contributed by atoms with Crippen LogP contribution in [-0.4, -0.2) is 47.4 Å². The topological polar surface area (TPSA) is 95.9 Å². The molecule has 0 aromatic carbocycles. The Bertz CT molecular complexity index is 1060. The van der Waals surface area contributed by atoms with Crippen molar-refractivity contribution in [2.24, 2.45) is 0 Å². The van der Waals surface area contributed by atoms with Crippen molar-refractivity contribution in [3.8, 4) is 0 Å². The molecular weight excluding hydrogens is 839 g/mol. The van der Waals surface area contributed by atoms with Crippen molar-refractivity contribution < 1.29 is 24.5 Å². The molecule has 0 aromatic heterocycles. The molecule has 0 bridgehead atoms. The van der Waals surface area contributed by atoms with E-state index < -0.39 is 12.1 Å². The maximum absolute atomic E-state index is 12.5. The van der Waals surface area contributed by atoms with Gasteiger partial charge in [0.05, 0.1) is 25.4 Å². The predicted octanol–water partition coefficient (Wildman–Crippen LogP) is 19.0. The second-order valence-corrected chi connectivity index (χ2v) is 21.0. The second-order valence-electron chi connectivity index (χ2n) is 21.0. The van der Waals surface area contributed by atoms with E-state index in [2.05, 4.69) is 31.3 Å². The molecule has 3 N–H and O–H groups in total. The monoisotopic (exact) mass is 958 g/mol. The van der Waals surface area contributed by atoms with Gasteiger partial charge < -0.3 is 20.3 Å². The first-order valence-electron chi connectivity index (χ1n) is 30.6. The van der Waals surface area contributed by atoms with Crippen molar-refractivity contribution in [1.82, 2.24) is 5.32 Å². The lowest BCUT2D eigenvalue weighted by molar-refractivity contribution is -0.143. The summed E-state index contributed by atoms with van der Waals surface area (Å²) in [6.45, 7) is 4.92. The summed E-state index contributed by atoms with van der Waals surface area (Å²) in [7, 11) is 0. The van der Waals surface area contributed by atoms with E-state index in [9.17, 15) is 19.8 Å². The van der Waals surface area contributed by atoms with Gasteiger partial charge in [0.15, 0.2) is 0 Å². The van der Waals surface area contributed by atoms with Crippen LogP contribution in [0.4, 0.5) is 0 Å². The number of carbonyl (C=O) groups is 2. The molecule has 0 fully saturated rings. The first-order valence-corrected chi connectivity index (χ1v) is 30.6. The molecule has 1 amide bonds. The van der Waals surface area contributed by atoms with Crippen LogP contribution >= 0.6 is 0 Å². The summed E-state index contributed by atoms with van der Waals surface area (Å²) in [6.07, 6.45) is 70.7. The molecule has 0 saturated carbocycles. The van der Waals surface area contributed by atoms with Gasteiger partial charge in [-0.2, -0.15) is 0 Å². The quantitative estimate of drug-likeness (QED) is 0.0321. The number of esters is 1. The molecule has 68 heavy (non-hydrogen) atoms. The number of rotatable bonds is 57. The Balaban J connectivity index is 3.46. The van der Waals surface area contributed by atoms with E-state index in [0.717, 1.165) is 44.9 Å². The molecule has 0 radical (unpaired) electrons. The first kappa shape index (κ1) is 66.3. The largest absolute Gasteiger partial charge is 0.466 e. The van der Waals surface area contributed by atoms with Crippen molar-refractivity contribution in [2.75, 3.05) is 13.2 Å². The van der Waals surface area contributed by atoms with Gasteiger partial charge >= 0.3 is 5.97 Å². The molecule has 402 valence electrons. The average Bonchev–Trinajstić information content (AvgIpc) is 3.34. The highest BCUT2D eigenvalue weighted by molar-refractivity contribution is 5.76. The summed E-state index contributed by atoms with van der Waals surface area (Å²) in [5.41, 5.74) is 0. The molecule has 6 heteroatoms. The Labute approximate surface area is 424 Å². The zero-order chi connectivity index (χ0) is 49.3. The lowest BCUT2D eigenvalue weighted by Gasteiger charge is -2.20. The van der Waals surface area contributed by atoms with Crippen molar-refractivity contribution >= 4 is 11.9 Å². The Hall–Kier alpha value is -1.66. The van der Waals surface area contributed by atoms with Crippen molar-refractivity contribution in [1.29, 1.82) is 0 Å². The Morgan fingerprint density at radius 1 is 0.397 bits per heavy atom. The van der Waals surface area contributed by atoms with Crippen LogP contribution in [0.5, 0.6) is 0 Å². The zero-order valence-electron chi connectivity index (χ0n) is 45.9. The average molecular weight is 959 g/mol. The molecule has 2 unspecified atom stereocenters. The van der Waals surface area contributed by atoms with Gasteiger partial charge in [0.1, 0.15) is 0 Å². The maximum Gasteiger partial charge on any atom is 0.305 e. The molecule has 0 aliphatic rings. The van der Waals surface area contributed by atoms with Crippen molar-refractivity contribution in [3.63, 3.8) is 0 Å². The van der Waals surface area contributed by atoms with Gasteiger partial charge in [-0.3, -0.25) is 9.59 Å². The summed E-state index contributed by atoms with van der Waals surface area (Å²) < 4.78 is 5.47. The molecule has 0 aliphatic carbocycles. The number of ether oxygens (including phenoxy) is 1. The van der Waals surface area contributed by atoms with E-state index in [-0.39, 0.29) is 18.5 Å². The van der Waals surface area contributed by atoms with Gasteiger partial charge in [0.2, 0.25) is 5.91 Å². The van der Waals surface area contributed by atoms with Gasteiger partial charge in [-0.1, -0.05) is 289 Å². The molecule has 0 aliphatic heterocycles. The fourth-order valence-electron chi connectivity index (χ4n) is 9.51.